The van der Waals surface area contributed by atoms with E-state index in [0.717, 1.165) is 12.8 Å². The highest BCUT2D eigenvalue weighted by atomic mass is 16.4. The molecule has 5 nitrogen and oxygen atoms in total. The lowest BCUT2D eigenvalue weighted by Crippen LogP contribution is -2.44. The lowest BCUT2D eigenvalue weighted by Gasteiger charge is -2.12. The van der Waals surface area contributed by atoms with E-state index < -0.39 is 12.0 Å². The molecule has 1 rings (SSSR count). The molecule has 1 atom stereocenters. The second-order valence-corrected chi connectivity index (χ2v) is 3.64. The average molecular weight is 212 g/mol. The van der Waals surface area contributed by atoms with Crippen LogP contribution in [0.15, 0.2) is 12.7 Å². The molecule has 1 amide bonds. The van der Waals surface area contributed by atoms with Gasteiger partial charge in [0.1, 0.15) is 6.04 Å². The topological polar surface area (TPSA) is 78.4 Å². The Hall–Kier alpha value is -1.36. The Balaban J connectivity index is 2.24. The summed E-state index contributed by atoms with van der Waals surface area (Å²) in [6.45, 7) is 3.63. The first-order chi connectivity index (χ1) is 7.13. The average Bonchev–Trinajstić information content (AvgIpc) is 2.97. The summed E-state index contributed by atoms with van der Waals surface area (Å²) in [4.78, 5) is 22.0. The van der Waals surface area contributed by atoms with E-state index in [1.54, 1.807) is 0 Å². The molecule has 0 aromatic carbocycles. The van der Waals surface area contributed by atoms with Crippen LogP contribution in [0.1, 0.15) is 19.3 Å². The van der Waals surface area contributed by atoms with E-state index in [9.17, 15) is 9.59 Å². The monoisotopic (exact) mass is 212 g/mol. The molecule has 0 radical (unpaired) electrons. The fourth-order valence-corrected chi connectivity index (χ4v) is 1.16. The number of aliphatic carboxylic acids is 1. The summed E-state index contributed by atoms with van der Waals surface area (Å²) < 4.78 is 0. The largest absolute Gasteiger partial charge is 0.480 e. The van der Waals surface area contributed by atoms with Crippen molar-refractivity contribution in [2.45, 2.75) is 31.3 Å². The van der Waals surface area contributed by atoms with Gasteiger partial charge in [-0.05, 0) is 19.3 Å². The molecule has 1 aliphatic rings. The summed E-state index contributed by atoms with van der Waals surface area (Å²) >= 11 is 0. The van der Waals surface area contributed by atoms with Gasteiger partial charge in [0.25, 0.3) is 0 Å². The van der Waals surface area contributed by atoms with Crippen LogP contribution in [0.4, 0.5) is 0 Å². The van der Waals surface area contributed by atoms with Crippen LogP contribution in [-0.4, -0.2) is 35.6 Å². The highest BCUT2D eigenvalue weighted by Crippen LogP contribution is 2.17. The molecular weight excluding hydrogens is 196 g/mol. The molecule has 0 aliphatic heterocycles. The molecule has 1 unspecified atom stereocenters. The molecule has 1 aliphatic carbocycles. The number of amides is 1. The summed E-state index contributed by atoms with van der Waals surface area (Å²) in [7, 11) is 0. The van der Waals surface area contributed by atoms with E-state index in [-0.39, 0.29) is 18.9 Å². The van der Waals surface area contributed by atoms with E-state index >= 15 is 0 Å². The molecule has 0 saturated heterocycles. The number of hydrogen-bond acceptors (Lipinski definition) is 3. The van der Waals surface area contributed by atoms with E-state index in [1.807, 2.05) is 0 Å². The molecule has 1 saturated carbocycles. The molecule has 3 N–H and O–H groups in total. The molecule has 0 heterocycles. The first kappa shape index (κ1) is 11.7. The van der Waals surface area contributed by atoms with Crippen molar-refractivity contribution in [2.75, 3.05) is 6.54 Å². The van der Waals surface area contributed by atoms with E-state index in [0.29, 0.717) is 6.04 Å². The molecule has 15 heavy (non-hydrogen) atoms. The fourth-order valence-electron chi connectivity index (χ4n) is 1.16. The molecule has 1 fully saturated rings. The maximum absolute atomic E-state index is 11.3. The van der Waals surface area contributed by atoms with E-state index in [4.69, 9.17) is 5.11 Å². The van der Waals surface area contributed by atoms with Gasteiger partial charge >= 0.3 is 5.97 Å². The van der Waals surface area contributed by atoms with Crippen LogP contribution in [0.5, 0.6) is 0 Å². The number of carboxylic acid groups (broad SMARTS) is 1. The highest BCUT2D eigenvalue weighted by Gasteiger charge is 2.23. The molecule has 0 aromatic rings. The zero-order chi connectivity index (χ0) is 11.3. The van der Waals surface area contributed by atoms with Gasteiger partial charge in [-0.25, -0.2) is 4.79 Å². The maximum atomic E-state index is 11.3. The Morgan fingerprint density at radius 1 is 1.53 bits per heavy atom. The van der Waals surface area contributed by atoms with Gasteiger partial charge in [0.05, 0.1) is 6.54 Å². The molecule has 0 bridgehead atoms. The number of nitrogens with one attached hydrogen (secondary N) is 2. The lowest BCUT2D eigenvalue weighted by atomic mass is 10.2. The Kier molecular flexibility index (Phi) is 4.30. The molecular formula is C10H16N2O3. The third-order valence-corrected chi connectivity index (χ3v) is 2.16. The van der Waals surface area contributed by atoms with Crippen molar-refractivity contribution < 1.29 is 14.7 Å². The van der Waals surface area contributed by atoms with Gasteiger partial charge in [-0.3, -0.25) is 4.79 Å². The minimum Gasteiger partial charge on any atom is -0.480 e. The summed E-state index contributed by atoms with van der Waals surface area (Å²) in [5.41, 5.74) is 0. The van der Waals surface area contributed by atoms with E-state index in [1.165, 1.54) is 6.08 Å². The first-order valence-corrected chi connectivity index (χ1v) is 5.00. The molecule has 84 valence electrons. The standard InChI is InChI=1S/C10H16N2O3/c1-2-3-8(10(14)15)12-9(13)6-11-7-4-5-7/h2,7-8,11H,1,3-6H2,(H,12,13)(H,14,15). The SMILES string of the molecule is C=CCC(NC(=O)CNC1CC1)C(=O)O. The summed E-state index contributed by atoms with van der Waals surface area (Å²) in [5.74, 6) is -1.31. The molecule has 0 spiro atoms. The van der Waals surface area contributed by atoms with Crippen molar-refractivity contribution in [1.82, 2.24) is 10.6 Å². The predicted molar refractivity (Wildman–Crippen MR) is 55.4 cm³/mol. The maximum Gasteiger partial charge on any atom is 0.326 e. The van der Waals surface area contributed by atoms with Crippen LogP contribution in [-0.2, 0) is 9.59 Å². The summed E-state index contributed by atoms with van der Waals surface area (Å²) in [5, 5.41) is 14.2. The van der Waals surface area contributed by atoms with Crippen LogP contribution < -0.4 is 10.6 Å². The van der Waals surface area contributed by atoms with Crippen molar-refractivity contribution in [3.63, 3.8) is 0 Å². The van der Waals surface area contributed by atoms with Gasteiger partial charge in [0.15, 0.2) is 0 Å². The van der Waals surface area contributed by atoms with E-state index in [2.05, 4.69) is 17.2 Å². The van der Waals surface area contributed by atoms with Crippen molar-refractivity contribution in [2.24, 2.45) is 0 Å². The highest BCUT2D eigenvalue weighted by molar-refractivity contribution is 5.84. The Bertz CT molecular complexity index is 261. The van der Waals surface area contributed by atoms with Crippen LogP contribution in [0.3, 0.4) is 0 Å². The number of rotatable bonds is 7. The molecule has 5 heteroatoms. The van der Waals surface area contributed by atoms with Crippen molar-refractivity contribution in [1.29, 1.82) is 0 Å². The van der Waals surface area contributed by atoms with Crippen molar-refractivity contribution >= 4 is 11.9 Å². The van der Waals surface area contributed by atoms with Gasteiger partial charge in [0.2, 0.25) is 5.91 Å². The minimum absolute atomic E-state index is 0.186. The fraction of sp³-hybridized carbons (Fsp3) is 0.600. The Morgan fingerprint density at radius 3 is 2.67 bits per heavy atom. The minimum atomic E-state index is -1.03. The second-order valence-electron chi connectivity index (χ2n) is 3.64. The van der Waals surface area contributed by atoms with Crippen molar-refractivity contribution in [3.05, 3.63) is 12.7 Å². The Morgan fingerprint density at radius 2 is 2.20 bits per heavy atom. The van der Waals surface area contributed by atoms with Gasteiger partial charge in [0, 0.05) is 6.04 Å². The number of carbonyl (C=O) groups is 2. The lowest BCUT2D eigenvalue weighted by molar-refractivity contribution is -0.141. The number of hydrogen-bond donors (Lipinski definition) is 3. The number of carbonyl (C=O) groups excluding carboxylic acids is 1. The van der Waals surface area contributed by atoms with Gasteiger partial charge in [-0.15, -0.1) is 6.58 Å². The third-order valence-electron chi connectivity index (χ3n) is 2.16. The van der Waals surface area contributed by atoms with Crippen LogP contribution in [0.2, 0.25) is 0 Å². The van der Waals surface area contributed by atoms with Gasteiger partial charge < -0.3 is 15.7 Å². The summed E-state index contributed by atoms with van der Waals surface area (Å²) in [6, 6.07) is -0.422. The first-order valence-electron chi connectivity index (χ1n) is 5.00. The van der Waals surface area contributed by atoms with Gasteiger partial charge in [-0.1, -0.05) is 6.08 Å². The smallest absolute Gasteiger partial charge is 0.326 e. The van der Waals surface area contributed by atoms with Crippen LogP contribution >= 0.6 is 0 Å². The predicted octanol–water partition coefficient (Wildman–Crippen LogP) is -0.116. The second kappa shape index (κ2) is 5.50. The van der Waals surface area contributed by atoms with Crippen LogP contribution in [0.25, 0.3) is 0 Å². The quantitative estimate of drug-likeness (QED) is 0.514. The summed E-state index contributed by atoms with van der Waals surface area (Å²) in [6.07, 6.45) is 3.92. The van der Waals surface area contributed by atoms with Crippen LogP contribution in [0, 0.1) is 0 Å². The Labute approximate surface area is 88.5 Å². The zero-order valence-corrected chi connectivity index (χ0v) is 8.53. The third kappa shape index (κ3) is 4.60. The normalized spacial score (nSPS) is 16.8. The zero-order valence-electron chi connectivity index (χ0n) is 8.53. The molecule has 0 aromatic heterocycles. The van der Waals surface area contributed by atoms with Gasteiger partial charge in [-0.2, -0.15) is 0 Å². The number of carboxylic acids is 1. The van der Waals surface area contributed by atoms with Crippen molar-refractivity contribution in [3.8, 4) is 0 Å².